The predicted molar refractivity (Wildman–Crippen MR) is 297 cm³/mol. The Labute approximate surface area is 408 Å². The lowest BCUT2D eigenvalue weighted by Gasteiger charge is -2.25. The van der Waals surface area contributed by atoms with Gasteiger partial charge >= 0.3 is 0 Å². The van der Waals surface area contributed by atoms with Gasteiger partial charge in [0.1, 0.15) is 12.0 Å². The first-order valence-corrected chi connectivity index (χ1v) is 24.6. The Morgan fingerprint density at radius 1 is 0.386 bits per heavy atom. The van der Waals surface area contributed by atoms with Gasteiger partial charge in [-0.15, -0.1) is 11.3 Å². The molecule has 3 heterocycles. The lowest BCUT2D eigenvalue weighted by Crippen LogP contribution is -2.33. The van der Waals surface area contributed by atoms with E-state index in [9.17, 15) is 0 Å². The molecule has 13 aromatic rings. The van der Waals surface area contributed by atoms with Crippen LogP contribution in [0.1, 0.15) is 22.9 Å². The molecule has 0 saturated heterocycles. The van der Waals surface area contributed by atoms with Gasteiger partial charge in [-0.3, -0.25) is 0 Å². The molecule has 0 saturated carbocycles. The summed E-state index contributed by atoms with van der Waals surface area (Å²) in [6.07, 6.45) is -0.393. The predicted octanol–water partition coefficient (Wildman–Crippen LogP) is 17.0. The summed E-state index contributed by atoms with van der Waals surface area (Å²) in [6, 6.07) is 87.8. The van der Waals surface area contributed by atoms with E-state index in [1.807, 2.05) is 11.3 Å². The maximum absolute atomic E-state index is 5.53. The fraction of sp³-hybridized carbons (Fsp3) is 0.0154. The van der Waals surface area contributed by atoms with Crippen LogP contribution in [0.15, 0.2) is 253 Å². The lowest BCUT2D eigenvalue weighted by molar-refractivity contribution is 0.674. The van der Waals surface area contributed by atoms with Crippen LogP contribution in [-0.4, -0.2) is 16.2 Å². The van der Waals surface area contributed by atoms with Crippen LogP contribution in [0.25, 0.3) is 103 Å². The van der Waals surface area contributed by atoms with Crippen molar-refractivity contribution in [3.05, 3.63) is 259 Å². The van der Waals surface area contributed by atoms with Crippen LogP contribution in [-0.2, 0) is 0 Å². The molecule has 4 nitrogen and oxygen atoms in total. The average Bonchev–Trinajstić information content (AvgIpc) is 3.98. The van der Waals surface area contributed by atoms with Gasteiger partial charge in [0.15, 0.2) is 5.84 Å². The topological polar surface area (TPSA) is 41.7 Å². The fourth-order valence-corrected chi connectivity index (χ4v) is 11.7. The highest BCUT2D eigenvalue weighted by Crippen LogP contribution is 2.42. The van der Waals surface area contributed by atoms with Crippen molar-refractivity contribution in [1.82, 2.24) is 9.88 Å². The number of thiophene rings is 1. The Bertz CT molecular complexity index is 4240. The minimum atomic E-state index is -0.393. The quantitative estimate of drug-likeness (QED) is 0.170. The van der Waals surface area contributed by atoms with Gasteiger partial charge in [-0.05, 0) is 97.6 Å². The minimum absolute atomic E-state index is 0.393. The summed E-state index contributed by atoms with van der Waals surface area (Å²) in [6.45, 7) is 0. The molecule has 0 spiro atoms. The van der Waals surface area contributed by atoms with E-state index in [4.69, 9.17) is 9.98 Å². The first-order valence-electron chi connectivity index (χ1n) is 23.8. The molecule has 0 radical (unpaired) electrons. The molecular formula is C65H42N4S. The normalized spacial score (nSPS) is 13.9. The second-order valence-electron chi connectivity index (χ2n) is 18.2. The van der Waals surface area contributed by atoms with Gasteiger partial charge in [0.2, 0.25) is 0 Å². The zero-order valence-electron chi connectivity index (χ0n) is 37.9. The summed E-state index contributed by atoms with van der Waals surface area (Å²) in [4.78, 5) is 11.0. The van der Waals surface area contributed by atoms with Crippen LogP contribution in [0.4, 0.5) is 0 Å². The van der Waals surface area contributed by atoms with Crippen LogP contribution in [0.3, 0.4) is 0 Å². The van der Waals surface area contributed by atoms with E-state index in [-0.39, 0.29) is 0 Å². The van der Waals surface area contributed by atoms with Gasteiger partial charge in [-0.25, -0.2) is 9.98 Å². The Hall–Kier alpha value is -8.90. The zero-order valence-corrected chi connectivity index (χ0v) is 38.7. The zero-order chi connectivity index (χ0) is 46.1. The Kier molecular flexibility index (Phi) is 9.42. The molecule has 5 heteroatoms. The maximum atomic E-state index is 5.53. The van der Waals surface area contributed by atoms with Crippen LogP contribution in [0.2, 0.25) is 0 Å². The standard InChI is InChI=1S/C65H42N4S/c1-3-13-41(14-4-1)43-23-27-46(28-24-43)63-66-64(47-29-25-44(26-30-47)42-15-5-2-6-16-42)68-65(67-63)56-36-33-51(40-57(56)50-32-34-54-53-21-11-12-22-60(53)70-61(54)39-50)69-59-38-49-19-8-7-18-48(49)37-58(59)55-35-31-45-17-9-10-20-52(45)62(55)69/h1-40,63H,(H,66,67,68). The van der Waals surface area contributed by atoms with E-state index in [1.54, 1.807) is 0 Å². The highest BCUT2D eigenvalue weighted by atomic mass is 32.1. The number of nitrogens with one attached hydrogen (secondary N) is 1. The third-order valence-corrected chi connectivity index (χ3v) is 15.2. The van der Waals surface area contributed by atoms with Crippen molar-refractivity contribution in [3.63, 3.8) is 0 Å². The highest BCUT2D eigenvalue weighted by Gasteiger charge is 2.25. The number of aliphatic imine (C=N–C) groups is 2. The van der Waals surface area contributed by atoms with Crippen molar-refractivity contribution in [3.8, 4) is 39.1 Å². The van der Waals surface area contributed by atoms with Gasteiger partial charge in [-0.2, -0.15) is 0 Å². The Balaban J connectivity index is 0.997. The number of benzene rings is 11. The van der Waals surface area contributed by atoms with E-state index < -0.39 is 6.17 Å². The summed E-state index contributed by atoms with van der Waals surface area (Å²) >= 11 is 1.84. The highest BCUT2D eigenvalue weighted by molar-refractivity contribution is 7.25. The second kappa shape index (κ2) is 16.4. The van der Waals surface area contributed by atoms with E-state index in [1.165, 1.54) is 74.6 Å². The largest absolute Gasteiger partial charge is 0.344 e. The lowest BCUT2D eigenvalue weighted by atomic mass is 9.96. The molecule has 0 aliphatic carbocycles. The first kappa shape index (κ1) is 40.2. The molecule has 1 unspecified atom stereocenters. The van der Waals surface area contributed by atoms with E-state index in [0.29, 0.717) is 5.84 Å². The van der Waals surface area contributed by atoms with E-state index in [0.717, 1.165) is 50.5 Å². The van der Waals surface area contributed by atoms with Gasteiger partial charge in [0.05, 0.1) is 11.0 Å². The number of hydrogen-bond acceptors (Lipinski definition) is 4. The fourth-order valence-electron chi connectivity index (χ4n) is 10.6. The van der Waals surface area contributed by atoms with Crippen molar-refractivity contribution in [2.24, 2.45) is 9.98 Å². The molecule has 14 rings (SSSR count). The molecule has 1 aliphatic rings. The number of rotatable bonds is 7. The molecule has 0 fully saturated rings. The number of fused-ring (bicyclic) bond motifs is 9. The van der Waals surface area contributed by atoms with Crippen molar-refractivity contribution >= 4 is 86.5 Å². The van der Waals surface area contributed by atoms with Gasteiger partial charge in [0.25, 0.3) is 0 Å². The average molecular weight is 911 g/mol. The van der Waals surface area contributed by atoms with Gasteiger partial charge in [0, 0.05) is 53.1 Å². The summed E-state index contributed by atoms with van der Waals surface area (Å²) in [5.41, 5.74) is 13.3. The third kappa shape index (κ3) is 6.81. The van der Waals surface area contributed by atoms with Crippen LogP contribution in [0, 0.1) is 0 Å². The molecule has 2 aromatic heterocycles. The van der Waals surface area contributed by atoms with E-state index >= 15 is 0 Å². The number of nitrogens with zero attached hydrogens (tertiary/aromatic N) is 3. The van der Waals surface area contributed by atoms with Crippen LogP contribution < -0.4 is 5.32 Å². The summed E-state index contributed by atoms with van der Waals surface area (Å²) in [5, 5.41) is 13.6. The SMILES string of the molecule is c1ccc(-c2ccc(C3=NC(c4ccc(-n5c6cc7ccccc7cc6c6ccc7ccccc7c65)cc4-c4ccc5c(c4)sc4ccccc45)=NC(c4ccc(-c5ccccc5)cc4)N3)cc2)cc1. The summed E-state index contributed by atoms with van der Waals surface area (Å²) in [7, 11) is 0. The molecule has 11 aromatic carbocycles. The third-order valence-electron chi connectivity index (χ3n) is 14.1. The summed E-state index contributed by atoms with van der Waals surface area (Å²) in [5.74, 6) is 1.45. The smallest absolute Gasteiger partial charge is 0.160 e. The molecule has 1 aliphatic heterocycles. The molecule has 0 amide bonds. The molecule has 1 atom stereocenters. The van der Waals surface area contributed by atoms with Gasteiger partial charge in [-0.1, -0.05) is 200 Å². The number of amidine groups is 2. The van der Waals surface area contributed by atoms with Crippen molar-refractivity contribution in [1.29, 1.82) is 0 Å². The number of hydrogen-bond donors (Lipinski definition) is 1. The Morgan fingerprint density at radius 3 is 1.73 bits per heavy atom. The number of aromatic nitrogens is 1. The maximum Gasteiger partial charge on any atom is 0.160 e. The van der Waals surface area contributed by atoms with Crippen molar-refractivity contribution in [2.45, 2.75) is 6.17 Å². The van der Waals surface area contributed by atoms with E-state index in [2.05, 4.69) is 253 Å². The molecule has 1 N–H and O–H groups in total. The summed E-state index contributed by atoms with van der Waals surface area (Å²) < 4.78 is 5.01. The monoisotopic (exact) mass is 910 g/mol. The molecule has 0 bridgehead atoms. The van der Waals surface area contributed by atoms with Crippen LogP contribution >= 0.6 is 11.3 Å². The van der Waals surface area contributed by atoms with Crippen molar-refractivity contribution in [2.75, 3.05) is 0 Å². The van der Waals surface area contributed by atoms with Gasteiger partial charge < -0.3 is 9.88 Å². The van der Waals surface area contributed by atoms with Crippen LogP contribution in [0.5, 0.6) is 0 Å². The minimum Gasteiger partial charge on any atom is -0.344 e. The molecular weight excluding hydrogens is 869 g/mol. The Morgan fingerprint density at radius 2 is 0.971 bits per heavy atom. The molecule has 328 valence electrons. The van der Waals surface area contributed by atoms with Crippen molar-refractivity contribution < 1.29 is 0 Å². The second-order valence-corrected chi connectivity index (χ2v) is 19.2. The first-order chi connectivity index (χ1) is 34.7. The molecule has 70 heavy (non-hydrogen) atoms.